The van der Waals surface area contributed by atoms with E-state index in [4.69, 9.17) is 4.74 Å². The number of ether oxygens (including phenoxy) is 1. The number of methoxy groups -OCH3 is 1. The van der Waals surface area contributed by atoms with Gasteiger partial charge in [-0.25, -0.2) is 13.2 Å². The number of nitrogens with zero attached hydrogens (tertiary/aromatic N) is 2. The normalized spacial score (nSPS) is 15.9. The van der Waals surface area contributed by atoms with Gasteiger partial charge in [0.25, 0.3) is 0 Å². The van der Waals surface area contributed by atoms with Crippen molar-refractivity contribution in [3.8, 4) is 17.6 Å². The number of carbonyl (C=O) groups is 1. The van der Waals surface area contributed by atoms with E-state index in [0.29, 0.717) is 50.6 Å². The smallest absolute Gasteiger partial charge is 0.303 e. The highest BCUT2D eigenvalue weighted by Crippen LogP contribution is 2.42. The first-order valence-corrected chi connectivity index (χ1v) is 12.8. The fourth-order valence-electron chi connectivity index (χ4n) is 5.36. The number of hydrogen-bond donors (Lipinski definition) is 2. The van der Waals surface area contributed by atoms with Gasteiger partial charge < -0.3 is 14.9 Å². The Morgan fingerprint density at radius 2 is 1.95 bits per heavy atom. The van der Waals surface area contributed by atoms with Crippen molar-refractivity contribution in [1.82, 2.24) is 9.88 Å². The summed E-state index contributed by atoms with van der Waals surface area (Å²) in [7, 11) is 1.58. The number of benzene rings is 2. The second kappa shape index (κ2) is 12.1. The van der Waals surface area contributed by atoms with Gasteiger partial charge in [0.05, 0.1) is 37.3 Å². The molecule has 1 aliphatic heterocycles. The fourth-order valence-corrected chi connectivity index (χ4v) is 5.36. The van der Waals surface area contributed by atoms with Crippen molar-refractivity contribution < 1.29 is 32.9 Å². The third-order valence-electron chi connectivity index (χ3n) is 7.56. The van der Waals surface area contributed by atoms with Gasteiger partial charge in [-0.2, -0.15) is 0 Å². The van der Waals surface area contributed by atoms with E-state index < -0.39 is 34.9 Å². The summed E-state index contributed by atoms with van der Waals surface area (Å²) < 4.78 is 46.0. The van der Waals surface area contributed by atoms with Crippen molar-refractivity contribution in [3.05, 3.63) is 70.7 Å². The summed E-state index contributed by atoms with van der Waals surface area (Å²) in [5.74, 6) is 1.66. The van der Waals surface area contributed by atoms with E-state index in [9.17, 15) is 28.2 Å². The van der Waals surface area contributed by atoms with Crippen LogP contribution in [-0.2, 0) is 4.79 Å². The highest BCUT2D eigenvalue weighted by Gasteiger charge is 2.37. The van der Waals surface area contributed by atoms with Gasteiger partial charge in [-0.3, -0.25) is 14.7 Å². The summed E-state index contributed by atoms with van der Waals surface area (Å²) in [4.78, 5) is 18.2. The number of carboxylic acids is 1. The molecular weight excluding hydrogens is 509 g/mol. The molecule has 0 radical (unpaired) electrons. The molecule has 1 saturated heterocycles. The highest BCUT2D eigenvalue weighted by molar-refractivity contribution is 5.84. The number of aliphatic hydroxyl groups excluding tert-OH is 1. The van der Waals surface area contributed by atoms with Crippen molar-refractivity contribution in [2.75, 3.05) is 26.7 Å². The SMILES string of the molecule is COc1ccc2ncc(C)c([C@@H](O)CCC3(CC(=O)O)CCN(CC#Cc4cc(F)cc(F)c4F)CC3)c2c1. The second-order valence-electron chi connectivity index (χ2n) is 10.2. The first kappa shape index (κ1) is 28.4. The van der Waals surface area contributed by atoms with Crippen LogP contribution in [0.5, 0.6) is 5.75 Å². The molecule has 6 nitrogen and oxygen atoms in total. The molecule has 0 bridgehead atoms. The third kappa shape index (κ3) is 6.70. The lowest BCUT2D eigenvalue weighted by Gasteiger charge is -2.41. The standard InChI is InChI=1S/C30H31F3N2O4/c1-19-18-34-25-6-5-22(39-2)16-23(25)28(19)26(36)7-8-30(17-27(37)38)9-12-35(13-10-30)11-3-4-20-14-21(31)15-24(32)29(20)33/h5-6,14-16,18,26,36H,7-13,17H2,1-2H3,(H,37,38)/t26-/m0/s1. The largest absolute Gasteiger partial charge is 0.497 e. The monoisotopic (exact) mass is 540 g/mol. The topological polar surface area (TPSA) is 82.9 Å². The zero-order valence-electron chi connectivity index (χ0n) is 21.9. The summed E-state index contributed by atoms with van der Waals surface area (Å²) in [5, 5.41) is 21.7. The maximum absolute atomic E-state index is 13.8. The number of aromatic nitrogens is 1. The first-order valence-electron chi connectivity index (χ1n) is 12.8. The number of likely N-dealkylation sites (tertiary alicyclic amines) is 1. The number of aryl methyl sites for hydroxylation is 1. The zero-order valence-corrected chi connectivity index (χ0v) is 21.9. The molecule has 0 aliphatic carbocycles. The molecule has 1 atom stereocenters. The maximum Gasteiger partial charge on any atom is 0.303 e. The fraction of sp³-hybridized carbons (Fsp3) is 0.400. The van der Waals surface area contributed by atoms with Crippen LogP contribution >= 0.6 is 0 Å². The molecule has 1 fully saturated rings. The number of piperidine rings is 1. The molecule has 2 N–H and O–H groups in total. The number of carboxylic acid groups (broad SMARTS) is 1. The number of pyridine rings is 1. The van der Waals surface area contributed by atoms with Crippen LogP contribution in [0.3, 0.4) is 0 Å². The molecule has 2 aromatic carbocycles. The van der Waals surface area contributed by atoms with Gasteiger partial charge in [-0.05, 0) is 86.5 Å². The molecule has 0 amide bonds. The minimum Gasteiger partial charge on any atom is -0.497 e. The van der Waals surface area contributed by atoms with E-state index in [1.807, 2.05) is 30.0 Å². The molecule has 206 valence electrons. The minimum absolute atomic E-state index is 0.0169. The zero-order chi connectivity index (χ0) is 28.2. The van der Waals surface area contributed by atoms with E-state index in [1.54, 1.807) is 13.3 Å². The van der Waals surface area contributed by atoms with Crippen LogP contribution < -0.4 is 4.74 Å². The van der Waals surface area contributed by atoms with Gasteiger partial charge >= 0.3 is 5.97 Å². The summed E-state index contributed by atoms with van der Waals surface area (Å²) in [6, 6.07) is 6.83. The maximum atomic E-state index is 13.8. The van der Waals surface area contributed by atoms with Crippen LogP contribution in [0, 0.1) is 41.6 Å². The molecule has 39 heavy (non-hydrogen) atoms. The Morgan fingerprint density at radius 3 is 2.64 bits per heavy atom. The Kier molecular flexibility index (Phi) is 8.78. The highest BCUT2D eigenvalue weighted by atomic mass is 19.2. The average Bonchev–Trinajstić information content (AvgIpc) is 2.90. The van der Waals surface area contributed by atoms with Crippen molar-refractivity contribution in [2.45, 2.75) is 45.1 Å². The molecule has 3 aromatic rings. The number of hydrogen-bond acceptors (Lipinski definition) is 5. The number of rotatable bonds is 8. The third-order valence-corrected chi connectivity index (χ3v) is 7.56. The predicted octanol–water partition coefficient (Wildman–Crippen LogP) is 5.39. The number of halogens is 3. The van der Waals surface area contributed by atoms with Crippen LogP contribution in [0.25, 0.3) is 10.9 Å². The van der Waals surface area contributed by atoms with E-state index in [-0.39, 0.29) is 18.5 Å². The molecule has 0 saturated carbocycles. The molecule has 4 rings (SSSR count). The van der Waals surface area contributed by atoms with Gasteiger partial charge in [0, 0.05) is 17.6 Å². The lowest BCUT2D eigenvalue weighted by Crippen LogP contribution is -2.41. The Labute approximate surface area is 225 Å². The predicted molar refractivity (Wildman–Crippen MR) is 141 cm³/mol. The Balaban J connectivity index is 1.44. The van der Waals surface area contributed by atoms with Crippen molar-refractivity contribution >= 4 is 16.9 Å². The lowest BCUT2D eigenvalue weighted by molar-refractivity contribution is -0.141. The Bertz CT molecular complexity index is 1430. The van der Waals surface area contributed by atoms with Crippen molar-refractivity contribution in [1.29, 1.82) is 0 Å². The minimum atomic E-state index is -1.29. The molecule has 0 spiro atoms. The Hall–Kier alpha value is -3.61. The molecule has 1 aliphatic rings. The van der Waals surface area contributed by atoms with Gasteiger partial charge in [-0.15, -0.1) is 0 Å². The summed E-state index contributed by atoms with van der Waals surface area (Å²) >= 11 is 0. The molecule has 0 unspecified atom stereocenters. The number of aliphatic carboxylic acids is 1. The summed E-state index contributed by atoms with van der Waals surface area (Å²) in [5.41, 5.74) is 1.51. The van der Waals surface area contributed by atoms with Crippen LogP contribution in [-0.4, -0.2) is 52.8 Å². The quantitative estimate of drug-likeness (QED) is 0.295. The molecule has 2 heterocycles. The molecule has 1 aromatic heterocycles. The van der Waals surface area contributed by atoms with Crippen molar-refractivity contribution in [3.63, 3.8) is 0 Å². The van der Waals surface area contributed by atoms with E-state index in [0.717, 1.165) is 28.1 Å². The lowest BCUT2D eigenvalue weighted by atomic mass is 9.71. The van der Waals surface area contributed by atoms with Gasteiger partial charge in [0.1, 0.15) is 11.6 Å². The summed E-state index contributed by atoms with van der Waals surface area (Å²) in [6.45, 7) is 3.27. The number of fused-ring (bicyclic) bond motifs is 1. The van der Waals surface area contributed by atoms with Gasteiger partial charge in [0.15, 0.2) is 11.6 Å². The molecule has 9 heteroatoms. The van der Waals surface area contributed by atoms with Crippen LogP contribution in [0.4, 0.5) is 13.2 Å². The van der Waals surface area contributed by atoms with Crippen molar-refractivity contribution in [2.24, 2.45) is 5.41 Å². The Morgan fingerprint density at radius 1 is 1.21 bits per heavy atom. The van der Waals surface area contributed by atoms with Gasteiger partial charge in [-0.1, -0.05) is 11.8 Å². The average molecular weight is 541 g/mol. The van der Waals surface area contributed by atoms with Crippen LogP contribution in [0.2, 0.25) is 0 Å². The van der Waals surface area contributed by atoms with Crippen LogP contribution in [0.1, 0.15) is 54.9 Å². The second-order valence-corrected chi connectivity index (χ2v) is 10.2. The summed E-state index contributed by atoms with van der Waals surface area (Å²) in [6.07, 6.45) is 2.97. The molecular formula is C30H31F3N2O4. The van der Waals surface area contributed by atoms with Gasteiger partial charge in [0.2, 0.25) is 0 Å². The van der Waals surface area contributed by atoms with E-state index in [1.165, 1.54) is 0 Å². The first-order chi connectivity index (χ1) is 18.6. The van der Waals surface area contributed by atoms with E-state index >= 15 is 0 Å². The number of aliphatic hydroxyl groups is 1. The van der Waals surface area contributed by atoms with Crippen LogP contribution in [0.15, 0.2) is 36.5 Å². The van der Waals surface area contributed by atoms with E-state index in [2.05, 4.69) is 16.8 Å².